The van der Waals surface area contributed by atoms with Gasteiger partial charge in [-0.15, -0.1) is 11.3 Å². The summed E-state index contributed by atoms with van der Waals surface area (Å²) in [7, 11) is 0. The maximum Gasteiger partial charge on any atom is 0.198 e. The van der Waals surface area contributed by atoms with Gasteiger partial charge in [-0.2, -0.15) is 0 Å². The zero-order valence-corrected chi connectivity index (χ0v) is 10.1. The topological polar surface area (TPSA) is 47.0 Å². The van der Waals surface area contributed by atoms with Crippen molar-refractivity contribution in [3.63, 3.8) is 0 Å². The number of rotatable bonds is 5. The van der Waals surface area contributed by atoms with Crippen LogP contribution in [0.5, 0.6) is 0 Å². The Labute approximate surface area is 93.5 Å². The van der Waals surface area contributed by atoms with E-state index >= 15 is 0 Å². The Hall–Kier alpha value is -1.03. The first-order chi connectivity index (χ1) is 7.04. The number of hydrogen-bond acceptors (Lipinski definition) is 4. The fraction of sp³-hybridized carbons (Fsp3) is 0.545. The molecule has 0 aliphatic carbocycles. The molecule has 0 atom stereocenters. The molecule has 0 aliphatic rings. The Balaban J connectivity index is 2.65. The molecule has 0 radical (unpaired) electrons. The summed E-state index contributed by atoms with van der Waals surface area (Å²) >= 11 is 1.37. The van der Waals surface area contributed by atoms with Crippen molar-refractivity contribution in [2.24, 2.45) is 0 Å². The highest BCUT2D eigenvalue weighted by Crippen LogP contribution is 2.18. The molecule has 0 fully saturated rings. The SMILES string of the molecule is CCCC(=O)CC(=O)c1nc(C)c(C)s1. The quantitative estimate of drug-likeness (QED) is 0.571. The lowest BCUT2D eigenvalue weighted by atomic mass is 10.1. The summed E-state index contributed by atoms with van der Waals surface area (Å²) in [4.78, 5) is 28.1. The van der Waals surface area contributed by atoms with Crippen LogP contribution in [-0.4, -0.2) is 16.6 Å². The van der Waals surface area contributed by atoms with E-state index < -0.39 is 0 Å². The van der Waals surface area contributed by atoms with Crippen LogP contribution in [0.2, 0.25) is 0 Å². The van der Waals surface area contributed by atoms with Crippen LogP contribution in [-0.2, 0) is 4.79 Å². The number of thiazole rings is 1. The molecule has 1 heterocycles. The molecule has 1 aromatic rings. The summed E-state index contributed by atoms with van der Waals surface area (Å²) < 4.78 is 0. The maximum absolute atomic E-state index is 11.6. The summed E-state index contributed by atoms with van der Waals surface area (Å²) in [6.07, 6.45) is 1.28. The second-order valence-electron chi connectivity index (χ2n) is 3.55. The zero-order valence-electron chi connectivity index (χ0n) is 9.29. The van der Waals surface area contributed by atoms with E-state index in [0.717, 1.165) is 17.0 Å². The molecule has 1 rings (SSSR count). The fourth-order valence-corrected chi connectivity index (χ4v) is 2.07. The summed E-state index contributed by atoms with van der Waals surface area (Å²) in [6.45, 7) is 5.73. The molecule has 82 valence electrons. The van der Waals surface area contributed by atoms with Crippen LogP contribution in [0.25, 0.3) is 0 Å². The molecule has 0 unspecified atom stereocenters. The smallest absolute Gasteiger partial charge is 0.198 e. The van der Waals surface area contributed by atoms with Crippen molar-refractivity contribution in [2.45, 2.75) is 40.0 Å². The average molecular weight is 225 g/mol. The lowest BCUT2D eigenvalue weighted by Crippen LogP contribution is -2.07. The van der Waals surface area contributed by atoms with Gasteiger partial charge in [-0.3, -0.25) is 9.59 Å². The highest BCUT2D eigenvalue weighted by Gasteiger charge is 2.15. The van der Waals surface area contributed by atoms with Crippen LogP contribution in [0.3, 0.4) is 0 Å². The first kappa shape index (κ1) is 12.0. The molecule has 0 aromatic carbocycles. The van der Waals surface area contributed by atoms with Crippen LogP contribution in [0.4, 0.5) is 0 Å². The predicted molar refractivity (Wildman–Crippen MR) is 60.5 cm³/mol. The van der Waals surface area contributed by atoms with Crippen LogP contribution in [0.1, 0.15) is 46.6 Å². The Bertz CT molecular complexity index is 362. The molecule has 4 heteroatoms. The number of ketones is 2. The molecular weight excluding hydrogens is 210 g/mol. The average Bonchev–Trinajstić information content (AvgIpc) is 2.47. The molecule has 0 saturated carbocycles. The van der Waals surface area contributed by atoms with Crippen molar-refractivity contribution < 1.29 is 9.59 Å². The Kier molecular flexibility index (Phi) is 4.15. The minimum atomic E-state index is -0.144. The van der Waals surface area contributed by atoms with E-state index in [-0.39, 0.29) is 18.0 Å². The third kappa shape index (κ3) is 3.23. The summed E-state index contributed by atoms with van der Waals surface area (Å²) in [5, 5.41) is 0.467. The van der Waals surface area contributed by atoms with Crippen LogP contribution in [0.15, 0.2) is 0 Å². The standard InChI is InChI=1S/C11H15NO2S/c1-4-5-9(13)6-10(14)11-12-7(2)8(3)15-11/h4-6H2,1-3H3. The van der Waals surface area contributed by atoms with Gasteiger partial charge < -0.3 is 0 Å². The van der Waals surface area contributed by atoms with E-state index in [0.29, 0.717) is 11.4 Å². The van der Waals surface area contributed by atoms with E-state index in [9.17, 15) is 9.59 Å². The predicted octanol–water partition coefficient (Wildman–Crippen LogP) is 2.70. The minimum Gasteiger partial charge on any atom is -0.299 e. The number of aryl methyl sites for hydroxylation is 2. The first-order valence-corrected chi connectivity index (χ1v) is 5.85. The number of Topliss-reactive ketones (excluding diaryl/α,β-unsaturated/α-hetero) is 2. The van der Waals surface area contributed by atoms with Gasteiger partial charge in [0.2, 0.25) is 0 Å². The minimum absolute atomic E-state index is 0.000231. The van der Waals surface area contributed by atoms with E-state index in [1.807, 2.05) is 20.8 Å². The van der Waals surface area contributed by atoms with Crippen molar-refractivity contribution in [1.82, 2.24) is 4.98 Å². The van der Waals surface area contributed by atoms with Crippen molar-refractivity contribution in [2.75, 3.05) is 0 Å². The third-order valence-electron chi connectivity index (χ3n) is 2.15. The van der Waals surface area contributed by atoms with E-state index in [1.165, 1.54) is 11.3 Å². The highest BCUT2D eigenvalue weighted by atomic mass is 32.1. The summed E-state index contributed by atoms with van der Waals surface area (Å²) in [5.41, 5.74) is 0.881. The van der Waals surface area contributed by atoms with Gasteiger partial charge in [0.25, 0.3) is 0 Å². The summed E-state index contributed by atoms with van der Waals surface area (Å²) in [5.74, 6) is -0.136. The van der Waals surface area contributed by atoms with Gasteiger partial charge in [0.05, 0.1) is 12.1 Å². The molecule has 0 spiro atoms. The zero-order chi connectivity index (χ0) is 11.4. The maximum atomic E-state index is 11.6. The monoisotopic (exact) mass is 225 g/mol. The molecule has 3 nitrogen and oxygen atoms in total. The fourth-order valence-electron chi connectivity index (χ4n) is 1.21. The van der Waals surface area contributed by atoms with Gasteiger partial charge in [-0.05, 0) is 20.3 Å². The van der Waals surface area contributed by atoms with Crippen molar-refractivity contribution in [3.05, 3.63) is 15.6 Å². The molecule has 0 aliphatic heterocycles. The van der Waals surface area contributed by atoms with Gasteiger partial charge in [0.15, 0.2) is 10.8 Å². The molecule has 1 aromatic heterocycles. The molecule has 15 heavy (non-hydrogen) atoms. The van der Waals surface area contributed by atoms with E-state index in [4.69, 9.17) is 0 Å². The number of carbonyl (C=O) groups is 2. The largest absolute Gasteiger partial charge is 0.299 e. The lowest BCUT2D eigenvalue weighted by Gasteiger charge is -1.95. The van der Waals surface area contributed by atoms with Crippen LogP contribution >= 0.6 is 11.3 Å². The number of aromatic nitrogens is 1. The lowest BCUT2D eigenvalue weighted by molar-refractivity contribution is -0.118. The first-order valence-electron chi connectivity index (χ1n) is 5.03. The van der Waals surface area contributed by atoms with Gasteiger partial charge in [-0.1, -0.05) is 6.92 Å². The third-order valence-corrected chi connectivity index (χ3v) is 3.27. The second kappa shape index (κ2) is 5.16. The van der Waals surface area contributed by atoms with Crippen molar-refractivity contribution >= 4 is 22.9 Å². The summed E-state index contributed by atoms with van der Waals surface area (Å²) in [6, 6.07) is 0. The van der Waals surface area contributed by atoms with Gasteiger partial charge in [0.1, 0.15) is 5.78 Å². The Morgan fingerprint density at radius 3 is 2.47 bits per heavy atom. The Morgan fingerprint density at radius 2 is 2.00 bits per heavy atom. The molecule has 0 bridgehead atoms. The number of hydrogen-bond donors (Lipinski definition) is 0. The van der Waals surface area contributed by atoms with E-state index in [1.54, 1.807) is 0 Å². The number of carbonyl (C=O) groups excluding carboxylic acids is 2. The molecule has 0 N–H and O–H groups in total. The second-order valence-corrected chi connectivity index (χ2v) is 4.75. The number of nitrogens with zero attached hydrogens (tertiary/aromatic N) is 1. The molecule has 0 amide bonds. The van der Waals surface area contributed by atoms with Crippen LogP contribution in [0, 0.1) is 13.8 Å². The van der Waals surface area contributed by atoms with Crippen molar-refractivity contribution in [3.8, 4) is 0 Å². The van der Waals surface area contributed by atoms with Crippen LogP contribution < -0.4 is 0 Å². The van der Waals surface area contributed by atoms with Gasteiger partial charge in [0, 0.05) is 11.3 Å². The highest BCUT2D eigenvalue weighted by molar-refractivity contribution is 7.13. The van der Waals surface area contributed by atoms with Gasteiger partial charge in [-0.25, -0.2) is 4.98 Å². The molecule has 0 saturated heterocycles. The Morgan fingerprint density at radius 1 is 1.33 bits per heavy atom. The molecular formula is C11H15NO2S. The van der Waals surface area contributed by atoms with E-state index in [2.05, 4.69) is 4.98 Å². The van der Waals surface area contributed by atoms with Crippen molar-refractivity contribution in [1.29, 1.82) is 0 Å². The van der Waals surface area contributed by atoms with Gasteiger partial charge >= 0.3 is 0 Å². The normalized spacial score (nSPS) is 10.3.